The molecule has 4 nitrogen and oxygen atoms in total. The van der Waals surface area contributed by atoms with Gasteiger partial charge in [-0.25, -0.2) is 4.98 Å². The van der Waals surface area contributed by atoms with E-state index in [-0.39, 0.29) is 17.1 Å². The quantitative estimate of drug-likeness (QED) is 0.832. The molecule has 102 valence electrons. The van der Waals surface area contributed by atoms with Crippen molar-refractivity contribution in [2.75, 3.05) is 0 Å². The second-order valence-corrected chi connectivity index (χ2v) is 5.18. The van der Waals surface area contributed by atoms with E-state index in [1.54, 1.807) is 6.07 Å². The molecule has 20 heavy (non-hydrogen) atoms. The molecule has 0 unspecified atom stereocenters. The molecule has 1 aliphatic rings. The zero-order valence-corrected chi connectivity index (χ0v) is 11.3. The van der Waals surface area contributed by atoms with Gasteiger partial charge in [-0.05, 0) is 23.3 Å². The molecule has 0 radical (unpaired) electrons. The van der Waals surface area contributed by atoms with Crippen molar-refractivity contribution in [2.24, 2.45) is 0 Å². The summed E-state index contributed by atoms with van der Waals surface area (Å²) in [6.45, 7) is 0. The molecule has 0 spiro atoms. The van der Waals surface area contributed by atoms with E-state index in [0.717, 1.165) is 11.1 Å². The average Bonchev–Trinajstić information content (AvgIpc) is 2.75. The average molecular weight is 289 g/mol. The lowest BCUT2D eigenvalue weighted by Gasteiger charge is -2.18. The lowest BCUT2D eigenvalue weighted by molar-refractivity contribution is 0.0858. The van der Waals surface area contributed by atoms with Crippen molar-refractivity contribution < 1.29 is 9.90 Å². The van der Waals surface area contributed by atoms with Gasteiger partial charge in [0.1, 0.15) is 5.15 Å². The lowest BCUT2D eigenvalue weighted by Crippen LogP contribution is -2.33. The summed E-state index contributed by atoms with van der Waals surface area (Å²) in [5.74, 6) is -0.268. The first-order valence-electron chi connectivity index (χ1n) is 6.33. The van der Waals surface area contributed by atoms with E-state index in [4.69, 9.17) is 11.6 Å². The Kier molecular flexibility index (Phi) is 3.42. The number of aliphatic hydroxyl groups is 1. The van der Waals surface area contributed by atoms with Gasteiger partial charge in [-0.3, -0.25) is 4.79 Å². The molecule has 0 saturated heterocycles. The van der Waals surface area contributed by atoms with Crippen LogP contribution in [0.15, 0.2) is 42.6 Å². The fourth-order valence-electron chi connectivity index (χ4n) is 2.52. The summed E-state index contributed by atoms with van der Waals surface area (Å²) < 4.78 is 0. The highest BCUT2D eigenvalue weighted by molar-refractivity contribution is 6.29. The maximum absolute atomic E-state index is 12.2. The number of rotatable bonds is 2. The van der Waals surface area contributed by atoms with Gasteiger partial charge in [0.05, 0.1) is 12.1 Å². The lowest BCUT2D eigenvalue weighted by atomic mass is 10.1. The molecule has 2 N–H and O–H groups in total. The smallest absolute Gasteiger partial charge is 0.252 e. The van der Waals surface area contributed by atoms with Crippen LogP contribution in [-0.2, 0) is 6.42 Å². The predicted molar refractivity (Wildman–Crippen MR) is 75.6 cm³/mol. The summed E-state index contributed by atoms with van der Waals surface area (Å²) >= 11 is 5.77. The minimum Gasteiger partial charge on any atom is -0.390 e. The van der Waals surface area contributed by atoms with Crippen molar-refractivity contribution in [1.29, 1.82) is 0 Å². The summed E-state index contributed by atoms with van der Waals surface area (Å²) in [6, 6.07) is 10.4. The van der Waals surface area contributed by atoms with Crippen LogP contribution in [0.3, 0.4) is 0 Å². The summed E-state index contributed by atoms with van der Waals surface area (Å²) in [7, 11) is 0. The van der Waals surface area contributed by atoms with Crippen LogP contribution in [0.1, 0.15) is 27.5 Å². The number of halogens is 1. The number of aromatic nitrogens is 1. The van der Waals surface area contributed by atoms with Crippen LogP contribution in [0.4, 0.5) is 0 Å². The summed E-state index contributed by atoms with van der Waals surface area (Å²) in [6.07, 6.45) is 1.43. The molecule has 2 aromatic rings. The number of aliphatic hydroxyl groups excluding tert-OH is 1. The van der Waals surface area contributed by atoms with Gasteiger partial charge in [0, 0.05) is 18.2 Å². The predicted octanol–water partition coefficient (Wildman–Crippen LogP) is 2.12. The zero-order chi connectivity index (χ0) is 14.1. The Hall–Kier alpha value is -1.91. The van der Waals surface area contributed by atoms with Crippen molar-refractivity contribution in [2.45, 2.75) is 18.6 Å². The second kappa shape index (κ2) is 5.23. The van der Waals surface area contributed by atoms with E-state index < -0.39 is 6.10 Å². The van der Waals surface area contributed by atoms with E-state index >= 15 is 0 Å². The first-order chi connectivity index (χ1) is 9.65. The Bertz CT molecular complexity index is 660. The fourth-order valence-corrected chi connectivity index (χ4v) is 2.69. The van der Waals surface area contributed by atoms with Crippen molar-refractivity contribution in [3.63, 3.8) is 0 Å². The fraction of sp³-hybridized carbons (Fsp3) is 0.200. The highest BCUT2D eigenvalue weighted by Gasteiger charge is 2.32. The van der Waals surface area contributed by atoms with Crippen molar-refractivity contribution in [3.8, 4) is 0 Å². The minimum atomic E-state index is -0.603. The largest absolute Gasteiger partial charge is 0.390 e. The molecule has 0 fully saturated rings. The van der Waals surface area contributed by atoms with Crippen molar-refractivity contribution in [3.05, 3.63) is 64.4 Å². The van der Waals surface area contributed by atoms with E-state index in [1.807, 2.05) is 24.3 Å². The molecule has 3 rings (SSSR count). The molecule has 1 aromatic carbocycles. The normalized spacial score (nSPS) is 20.5. The van der Waals surface area contributed by atoms with Crippen LogP contribution in [-0.4, -0.2) is 22.1 Å². The van der Waals surface area contributed by atoms with Crippen LogP contribution in [0.5, 0.6) is 0 Å². The molecular formula is C15H13ClN2O2. The zero-order valence-electron chi connectivity index (χ0n) is 10.6. The monoisotopic (exact) mass is 288 g/mol. The number of hydrogen-bond acceptors (Lipinski definition) is 3. The second-order valence-electron chi connectivity index (χ2n) is 4.79. The number of hydrogen-bond donors (Lipinski definition) is 2. The molecule has 1 heterocycles. The van der Waals surface area contributed by atoms with E-state index in [9.17, 15) is 9.90 Å². The Morgan fingerprint density at radius 1 is 1.35 bits per heavy atom. The minimum absolute atomic E-state index is 0.268. The van der Waals surface area contributed by atoms with Crippen LogP contribution in [0.2, 0.25) is 5.15 Å². The number of pyridine rings is 1. The number of fused-ring (bicyclic) bond motifs is 1. The Morgan fingerprint density at radius 3 is 2.95 bits per heavy atom. The van der Waals surface area contributed by atoms with Crippen molar-refractivity contribution in [1.82, 2.24) is 10.3 Å². The van der Waals surface area contributed by atoms with Crippen LogP contribution >= 0.6 is 11.6 Å². The maximum atomic E-state index is 12.2. The van der Waals surface area contributed by atoms with Gasteiger partial charge in [-0.1, -0.05) is 35.9 Å². The topological polar surface area (TPSA) is 62.2 Å². The van der Waals surface area contributed by atoms with Crippen LogP contribution in [0.25, 0.3) is 0 Å². The maximum Gasteiger partial charge on any atom is 0.252 e. The molecule has 2 atom stereocenters. The molecule has 0 bridgehead atoms. The third-order valence-electron chi connectivity index (χ3n) is 3.48. The van der Waals surface area contributed by atoms with Gasteiger partial charge < -0.3 is 10.4 Å². The molecule has 0 saturated carbocycles. The molecule has 1 aromatic heterocycles. The summed E-state index contributed by atoms with van der Waals surface area (Å²) in [4.78, 5) is 16.0. The molecular weight excluding hydrogens is 276 g/mol. The summed E-state index contributed by atoms with van der Waals surface area (Å²) in [5.41, 5.74) is 2.47. The Labute approximate surface area is 121 Å². The molecule has 1 amide bonds. The Balaban J connectivity index is 1.83. The number of nitrogens with zero attached hydrogens (tertiary/aromatic N) is 1. The number of carbonyl (C=O) groups excluding carboxylic acids is 1. The van der Waals surface area contributed by atoms with Gasteiger partial charge >= 0.3 is 0 Å². The van der Waals surface area contributed by atoms with E-state index in [2.05, 4.69) is 10.3 Å². The molecule has 0 aliphatic heterocycles. The molecule has 1 aliphatic carbocycles. The number of carbonyl (C=O) groups is 1. The van der Waals surface area contributed by atoms with Gasteiger partial charge in [-0.2, -0.15) is 0 Å². The number of nitrogens with one attached hydrogen (secondary N) is 1. The van der Waals surface area contributed by atoms with Crippen LogP contribution < -0.4 is 5.32 Å². The van der Waals surface area contributed by atoms with Gasteiger partial charge in [0.15, 0.2) is 0 Å². The highest BCUT2D eigenvalue weighted by atomic mass is 35.5. The van der Waals surface area contributed by atoms with Gasteiger partial charge in [-0.15, -0.1) is 0 Å². The van der Waals surface area contributed by atoms with E-state index in [0.29, 0.717) is 12.0 Å². The third kappa shape index (κ3) is 2.40. The van der Waals surface area contributed by atoms with Crippen LogP contribution in [0, 0.1) is 0 Å². The third-order valence-corrected chi connectivity index (χ3v) is 3.69. The summed E-state index contributed by atoms with van der Waals surface area (Å²) in [5, 5.41) is 13.2. The number of amides is 1. The first-order valence-corrected chi connectivity index (χ1v) is 6.71. The molecule has 5 heteroatoms. The Morgan fingerprint density at radius 2 is 2.15 bits per heavy atom. The van der Waals surface area contributed by atoms with Crippen molar-refractivity contribution >= 4 is 17.5 Å². The van der Waals surface area contributed by atoms with Gasteiger partial charge in [0.2, 0.25) is 0 Å². The highest BCUT2D eigenvalue weighted by Crippen LogP contribution is 2.31. The SMILES string of the molecule is O=C(N[C@H]1c2ccccc2C[C@H]1O)c1ccnc(Cl)c1. The first kappa shape index (κ1) is 13.1. The van der Waals surface area contributed by atoms with E-state index in [1.165, 1.54) is 12.3 Å². The van der Waals surface area contributed by atoms with Gasteiger partial charge in [0.25, 0.3) is 5.91 Å². The number of benzene rings is 1. The standard InChI is InChI=1S/C15H13ClN2O2/c16-13-8-10(5-6-17-13)15(20)18-14-11-4-2-1-3-9(11)7-12(14)19/h1-6,8,12,14,19H,7H2,(H,18,20)/t12-,14+/m1/s1.